The second-order valence-electron chi connectivity index (χ2n) is 1.53. The van der Waals surface area contributed by atoms with Crippen molar-refractivity contribution >= 4 is 6.29 Å². The van der Waals surface area contributed by atoms with Gasteiger partial charge in [0, 0.05) is 5.56 Å². The molecule has 0 radical (unpaired) electrons. The molecule has 46 valence electrons. The van der Waals surface area contributed by atoms with E-state index in [-0.39, 0.29) is 93.0 Å². The molecular formula is C7H9Na3O. The van der Waals surface area contributed by atoms with Crippen LogP contribution in [0.4, 0.5) is 0 Å². The van der Waals surface area contributed by atoms with E-state index in [1.54, 1.807) is 12.1 Å². The van der Waals surface area contributed by atoms with Gasteiger partial charge in [-0.3, -0.25) is 4.79 Å². The Bertz CT molecular complexity index is 187. The molecule has 0 N–H and O–H groups in total. The summed E-state index contributed by atoms with van der Waals surface area (Å²) in [6.45, 7) is 0. The van der Waals surface area contributed by atoms with Gasteiger partial charge in [-0.05, 0) is 0 Å². The Morgan fingerprint density at radius 1 is 1.00 bits per heavy atom. The van der Waals surface area contributed by atoms with Crippen molar-refractivity contribution in [3.05, 3.63) is 35.9 Å². The van der Waals surface area contributed by atoms with Crippen molar-refractivity contribution in [2.45, 2.75) is 0 Å². The smallest absolute Gasteiger partial charge is 1.00 e. The van der Waals surface area contributed by atoms with Gasteiger partial charge in [-0.25, -0.2) is 0 Å². The summed E-state index contributed by atoms with van der Waals surface area (Å²) in [4.78, 5) is 10.0. The fourth-order valence-corrected chi connectivity index (χ4v) is 0.532. The molecule has 0 bridgehead atoms. The molecule has 1 aromatic rings. The molecule has 0 atom stereocenters. The SMILES string of the molecule is O=Cc1ccccc1.[H-].[H-].[H-].[Na+].[Na+].[Na+]. The van der Waals surface area contributed by atoms with E-state index in [0.29, 0.717) is 0 Å². The molecule has 0 saturated carbocycles. The summed E-state index contributed by atoms with van der Waals surface area (Å²) in [5.41, 5.74) is 0.729. The fraction of sp³-hybridized carbons (Fsp3) is 0. The van der Waals surface area contributed by atoms with Gasteiger partial charge in [-0.1, -0.05) is 30.3 Å². The molecule has 0 fully saturated rings. The van der Waals surface area contributed by atoms with E-state index < -0.39 is 0 Å². The van der Waals surface area contributed by atoms with Crippen LogP contribution in [0.5, 0.6) is 0 Å². The molecule has 11 heavy (non-hydrogen) atoms. The third kappa shape index (κ3) is 8.23. The summed E-state index contributed by atoms with van der Waals surface area (Å²) in [6, 6.07) is 9.10. The quantitative estimate of drug-likeness (QED) is 0.308. The predicted octanol–water partition coefficient (Wildman–Crippen LogP) is -7.15. The van der Waals surface area contributed by atoms with E-state index in [2.05, 4.69) is 0 Å². The molecule has 0 amide bonds. The zero-order valence-corrected chi connectivity index (χ0v) is 13.4. The molecule has 0 heterocycles. The Kier molecular flexibility index (Phi) is 20.1. The van der Waals surface area contributed by atoms with Gasteiger partial charge in [0.1, 0.15) is 6.29 Å². The van der Waals surface area contributed by atoms with Crippen LogP contribution in [0.3, 0.4) is 0 Å². The van der Waals surface area contributed by atoms with Gasteiger partial charge in [0.15, 0.2) is 0 Å². The van der Waals surface area contributed by atoms with Gasteiger partial charge in [0.2, 0.25) is 0 Å². The molecular weight excluding hydrogens is 169 g/mol. The van der Waals surface area contributed by atoms with Crippen molar-refractivity contribution in [3.63, 3.8) is 0 Å². The van der Waals surface area contributed by atoms with E-state index in [1.165, 1.54) is 0 Å². The fourth-order valence-electron chi connectivity index (χ4n) is 0.532. The van der Waals surface area contributed by atoms with Crippen LogP contribution in [0.1, 0.15) is 14.6 Å². The number of carbonyl (C=O) groups excluding carboxylic acids is 1. The summed E-state index contributed by atoms with van der Waals surface area (Å²) in [5, 5.41) is 0. The predicted molar refractivity (Wildman–Crippen MR) is 35.2 cm³/mol. The first-order valence-corrected chi connectivity index (χ1v) is 2.44. The van der Waals surface area contributed by atoms with Gasteiger partial charge in [0.05, 0.1) is 0 Å². The van der Waals surface area contributed by atoms with Crippen LogP contribution >= 0.6 is 0 Å². The van der Waals surface area contributed by atoms with E-state index in [4.69, 9.17) is 0 Å². The number of carbonyl (C=O) groups is 1. The number of rotatable bonds is 1. The zero-order valence-electron chi connectivity index (χ0n) is 10.4. The minimum Gasteiger partial charge on any atom is -1.00 e. The Morgan fingerprint density at radius 2 is 1.45 bits per heavy atom. The van der Waals surface area contributed by atoms with Crippen molar-refractivity contribution < 1.29 is 97.7 Å². The maximum Gasteiger partial charge on any atom is 1.00 e. The van der Waals surface area contributed by atoms with Crippen molar-refractivity contribution in [1.82, 2.24) is 0 Å². The molecule has 0 aromatic heterocycles. The molecule has 0 aliphatic carbocycles. The molecule has 0 aliphatic rings. The summed E-state index contributed by atoms with van der Waals surface area (Å²) < 4.78 is 0. The van der Waals surface area contributed by atoms with Crippen molar-refractivity contribution in [2.24, 2.45) is 0 Å². The molecule has 1 rings (SSSR count). The van der Waals surface area contributed by atoms with E-state index in [1.807, 2.05) is 18.2 Å². The Hall–Kier alpha value is 1.89. The Balaban J connectivity index is -0.0000000267. The third-order valence-electron chi connectivity index (χ3n) is 0.936. The zero-order chi connectivity index (χ0) is 5.82. The topological polar surface area (TPSA) is 17.1 Å². The van der Waals surface area contributed by atoms with Crippen LogP contribution in [0.25, 0.3) is 0 Å². The van der Waals surface area contributed by atoms with Crippen molar-refractivity contribution in [3.8, 4) is 0 Å². The number of aldehydes is 1. The van der Waals surface area contributed by atoms with Crippen LogP contribution in [-0.4, -0.2) is 6.29 Å². The number of benzene rings is 1. The minimum absolute atomic E-state index is 0. The van der Waals surface area contributed by atoms with E-state index >= 15 is 0 Å². The molecule has 0 unspecified atom stereocenters. The summed E-state index contributed by atoms with van der Waals surface area (Å²) in [6.07, 6.45) is 0.833. The minimum atomic E-state index is 0. The maximum atomic E-state index is 10.0. The Morgan fingerprint density at radius 3 is 1.73 bits per heavy atom. The molecule has 0 aliphatic heterocycles. The first-order chi connectivity index (χ1) is 3.93. The average molecular weight is 178 g/mol. The first kappa shape index (κ1) is 18.6. The molecule has 1 nitrogen and oxygen atoms in total. The monoisotopic (exact) mass is 178 g/mol. The summed E-state index contributed by atoms with van der Waals surface area (Å²) >= 11 is 0. The molecule has 1 aromatic carbocycles. The van der Waals surface area contributed by atoms with Gasteiger partial charge < -0.3 is 4.28 Å². The third-order valence-corrected chi connectivity index (χ3v) is 0.936. The number of hydrogen-bond donors (Lipinski definition) is 0. The maximum absolute atomic E-state index is 10.0. The second kappa shape index (κ2) is 11.9. The summed E-state index contributed by atoms with van der Waals surface area (Å²) in [5.74, 6) is 0. The average Bonchev–Trinajstić information content (AvgIpc) is 1.90. The van der Waals surface area contributed by atoms with Crippen LogP contribution in [0, 0.1) is 0 Å². The van der Waals surface area contributed by atoms with Crippen LogP contribution in [0.2, 0.25) is 0 Å². The van der Waals surface area contributed by atoms with Crippen molar-refractivity contribution in [2.75, 3.05) is 0 Å². The Labute approximate surface area is 138 Å². The van der Waals surface area contributed by atoms with E-state index in [9.17, 15) is 4.79 Å². The van der Waals surface area contributed by atoms with Gasteiger partial charge >= 0.3 is 88.7 Å². The van der Waals surface area contributed by atoms with Gasteiger partial charge in [-0.2, -0.15) is 0 Å². The van der Waals surface area contributed by atoms with Crippen LogP contribution < -0.4 is 88.7 Å². The first-order valence-electron chi connectivity index (χ1n) is 2.44. The molecule has 0 spiro atoms. The normalized spacial score (nSPS) is 6.18. The van der Waals surface area contributed by atoms with Crippen LogP contribution in [-0.2, 0) is 0 Å². The standard InChI is InChI=1S/C7H6O.3Na.3H/c8-6-7-4-2-1-3-5-7;;;;;;/h1-6H;;;;;;/q;3*+1;3*-1. The van der Waals surface area contributed by atoms with Crippen molar-refractivity contribution in [1.29, 1.82) is 0 Å². The molecule has 0 saturated heterocycles. The summed E-state index contributed by atoms with van der Waals surface area (Å²) in [7, 11) is 0. The largest absolute Gasteiger partial charge is 1.00 e. The van der Waals surface area contributed by atoms with E-state index in [0.717, 1.165) is 11.8 Å². The van der Waals surface area contributed by atoms with Gasteiger partial charge in [-0.15, -0.1) is 0 Å². The second-order valence-corrected chi connectivity index (χ2v) is 1.53. The number of hydrogen-bond acceptors (Lipinski definition) is 1. The van der Waals surface area contributed by atoms with Gasteiger partial charge in [0.25, 0.3) is 0 Å². The van der Waals surface area contributed by atoms with Crippen LogP contribution in [0.15, 0.2) is 30.3 Å². The molecule has 4 heteroatoms.